The van der Waals surface area contributed by atoms with Crippen LogP contribution in [-0.2, 0) is 50.4 Å². The normalized spacial score (nSPS) is 17.2. The summed E-state index contributed by atoms with van der Waals surface area (Å²) in [5.74, 6) is -4.08. The zero-order chi connectivity index (χ0) is 31.4. The molecular formula is C22H24N6O12S2. The van der Waals surface area contributed by atoms with Crippen LogP contribution in [0.2, 0.25) is 0 Å². The third kappa shape index (κ3) is 7.53. The zero-order valence-corrected chi connectivity index (χ0v) is 23.7. The van der Waals surface area contributed by atoms with Crippen molar-refractivity contribution >= 4 is 61.9 Å². The monoisotopic (exact) mass is 628 g/mol. The third-order valence-corrected chi connectivity index (χ3v) is 7.14. The number of carbonyl (C=O) groups excluding carboxylic acids is 4. The van der Waals surface area contributed by atoms with Gasteiger partial charge in [-0.1, -0.05) is 5.16 Å². The molecule has 0 bridgehead atoms. The first-order chi connectivity index (χ1) is 19.5. The van der Waals surface area contributed by atoms with E-state index in [0.29, 0.717) is 5.56 Å². The number of esters is 2. The van der Waals surface area contributed by atoms with Crippen LogP contribution >= 0.6 is 11.3 Å². The number of nitrogens with zero attached hydrogens (tertiary/aromatic N) is 4. The molecule has 1 aliphatic rings. The Balaban J connectivity index is 1.77. The molecule has 4 N–H and O–H groups in total. The second kappa shape index (κ2) is 12.4. The van der Waals surface area contributed by atoms with Gasteiger partial charge in [-0.2, -0.15) is 8.42 Å². The number of ether oxygens (including phenoxy) is 2. The molecule has 226 valence electrons. The predicted octanol–water partition coefficient (Wildman–Crippen LogP) is -0.0623. The topological polar surface area (TPSA) is 260 Å². The summed E-state index contributed by atoms with van der Waals surface area (Å²) in [6, 6.07) is 2.21. The number of nitrogens with two attached hydrogens (primary N) is 1. The van der Waals surface area contributed by atoms with Crippen molar-refractivity contribution in [3.63, 3.8) is 0 Å². The average molecular weight is 629 g/mol. The van der Waals surface area contributed by atoms with Crippen LogP contribution in [0.15, 0.2) is 34.8 Å². The van der Waals surface area contributed by atoms with Gasteiger partial charge < -0.3 is 25.4 Å². The van der Waals surface area contributed by atoms with E-state index in [2.05, 4.69) is 15.5 Å². The number of non-ortho nitro benzene ring substituents is 1. The van der Waals surface area contributed by atoms with Gasteiger partial charge in [0.2, 0.25) is 5.60 Å². The molecule has 1 aromatic heterocycles. The standard InChI is InChI=1S/C22H24N6O12S2/c1-11(29)38-9-15-17(19(31)27(15)42(35,36)37)25-18(30)16(14-10-41-21(23)24-14)26-40-22(2,3)20(32)39-8-12-4-6-13(7-5-12)28(33)34/h4-7,10,15,17H,8-9H2,1-3H3,(H2,23,24)(H,25,30)(H,35,36,37)/b26-16-. The number of rotatable bonds is 12. The van der Waals surface area contributed by atoms with E-state index in [0.717, 1.165) is 18.3 Å². The van der Waals surface area contributed by atoms with Gasteiger partial charge in [-0.15, -0.1) is 11.3 Å². The lowest BCUT2D eigenvalue weighted by atomic mass is 9.99. The van der Waals surface area contributed by atoms with Gasteiger partial charge in [0.25, 0.3) is 17.5 Å². The first-order valence-electron chi connectivity index (χ1n) is 11.6. The molecular weight excluding hydrogens is 604 g/mol. The number of hydrogen-bond donors (Lipinski definition) is 3. The molecule has 2 amide bonds. The van der Waals surface area contributed by atoms with Crippen molar-refractivity contribution in [3.8, 4) is 0 Å². The maximum absolute atomic E-state index is 13.2. The minimum Gasteiger partial charge on any atom is -0.464 e. The number of anilines is 1. The molecule has 18 nitrogen and oxygen atoms in total. The average Bonchev–Trinajstić information content (AvgIpc) is 3.32. The summed E-state index contributed by atoms with van der Waals surface area (Å²) in [6.45, 7) is 2.63. The molecule has 1 saturated heterocycles. The van der Waals surface area contributed by atoms with Crippen LogP contribution in [0.1, 0.15) is 32.0 Å². The summed E-state index contributed by atoms with van der Waals surface area (Å²) in [5, 5.41) is 18.1. The van der Waals surface area contributed by atoms with Crippen molar-refractivity contribution in [3.05, 3.63) is 51.0 Å². The number of nitrogens with one attached hydrogen (secondary N) is 1. The van der Waals surface area contributed by atoms with Gasteiger partial charge in [-0.25, -0.2) is 14.1 Å². The Labute approximate surface area is 241 Å². The lowest BCUT2D eigenvalue weighted by Crippen LogP contribution is -2.73. The molecule has 2 aromatic rings. The number of thiazole rings is 1. The predicted molar refractivity (Wildman–Crippen MR) is 142 cm³/mol. The molecule has 2 heterocycles. The highest BCUT2D eigenvalue weighted by atomic mass is 32.2. The maximum atomic E-state index is 13.2. The van der Waals surface area contributed by atoms with Gasteiger partial charge in [0, 0.05) is 24.4 Å². The second-order valence-corrected chi connectivity index (χ2v) is 11.2. The molecule has 0 aliphatic carbocycles. The highest BCUT2D eigenvalue weighted by Crippen LogP contribution is 2.25. The molecule has 3 rings (SSSR count). The highest BCUT2D eigenvalue weighted by molar-refractivity contribution is 7.84. The molecule has 0 spiro atoms. The molecule has 2 atom stereocenters. The smallest absolute Gasteiger partial charge is 0.362 e. The SMILES string of the molecule is CC(=O)OCC1C(NC(=O)/C(=N\OC(C)(C)C(=O)OCc2ccc([N+](=O)[O-])cc2)c2csc(N)n2)C(=O)N1S(=O)(=O)O. The van der Waals surface area contributed by atoms with Crippen LogP contribution in [0.4, 0.5) is 10.8 Å². The summed E-state index contributed by atoms with van der Waals surface area (Å²) >= 11 is 0.925. The van der Waals surface area contributed by atoms with E-state index in [9.17, 15) is 42.3 Å². The second-order valence-electron chi connectivity index (χ2n) is 9.05. The number of β-lactam (4-membered cyclic amide) rings is 1. The fourth-order valence-electron chi connectivity index (χ4n) is 3.37. The van der Waals surface area contributed by atoms with Crippen molar-refractivity contribution in [2.75, 3.05) is 12.3 Å². The fourth-order valence-corrected chi connectivity index (χ4v) is 4.79. The Hall–Kier alpha value is -4.69. The molecule has 1 aliphatic heterocycles. The molecule has 2 unspecified atom stereocenters. The number of benzene rings is 1. The van der Waals surface area contributed by atoms with E-state index in [1.807, 2.05) is 0 Å². The van der Waals surface area contributed by atoms with Crippen molar-refractivity contribution in [2.24, 2.45) is 5.16 Å². The van der Waals surface area contributed by atoms with Crippen molar-refractivity contribution in [1.29, 1.82) is 0 Å². The van der Waals surface area contributed by atoms with Gasteiger partial charge in [0.05, 0.1) is 4.92 Å². The Bertz CT molecular complexity index is 1540. The molecule has 1 aromatic carbocycles. The third-order valence-electron chi connectivity index (χ3n) is 5.52. The number of hydrogen-bond acceptors (Lipinski definition) is 15. The van der Waals surface area contributed by atoms with E-state index < -0.39 is 69.0 Å². The van der Waals surface area contributed by atoms with Crippen LogP contribution in [-0.4, -0.2) is 80.9 Å². The number of oxime groups is 1. The Kier molecular flexibility index (Phi) is 9.43. The maximum Gasteiger partial charge on any atom is 0.362 e. The van der Waals surface area contributed by atoms with Crippen molar-refractivity contribution in [1.82, 2.24) is 14.6 Å². The van der Waals surface area contributed by atoms with E-state index in [4.69, 9.17) is 20.0 Å². The summed E-state index contributed by atoms with van der Waals surface area (Å²) in [5.41, 5.74) is 3.46. The quantitative estimate of drug-likeness (QED) is 0.0694. The van der Waals surface area contributed by atoms with E-state index in [1.165, 1.54) is 43.5 Å². The Morgan fingerprint density at radius 2 is 1.90 bits per heavy atom. The van der Waals surface area contributed by atoms with E-state index in [1.54, 1.807) is 0 Å². The van der Waals surface area contributed by atoms with Crippen molar-refractivity contribution in [2.45, 2.75) is 45.1 Å². The highest BCUT2D eigenvalue weighted by Gasteiger charge is 2.55. The zero-order valence-electron chi connectivity index (χ0n) is 22.1. The van der Waals surface area contributed by atoms with Crippen LogP contribution in [0.25, 0.3) is 0 Å². The summed E-state index contributed by atoms with van der Waals surface area (Å²) in [6.07, 6.45) is 0. The number of amides is 2. The number of aromatic nitrogens is 1. The van der Waals surface area contributed by atoms with Crippen LogP contribution in [0, 0.1) is 10.1 Å². The number of nitrogen functional groups attached to an aromatic ring is 1. The largest absolute Gasteiger partial charge is 0.464 e. The molecule has 0 saturated carbocycles. The molecule has 0 radical (unpaired) electrons. The van der Waals surface area contributed by atoms with Crippen molar-refractivity contribution < 1.29 is 51.4 Å². The first-order valence-corrected chi connectivity index (χ1v) is 13.9. The molecule has 42 heavy (non-hydrogen) atoms. The fraction of sp³-hybridized carbons (Fsp3) is 0.364. The minimum absolute atomic E-state index is 0.0253. The lowest BCUT2D eigenvalue weighted by Gasteiger charge is -2.43. The van der Waals surface area contributed by atoms with Gasteiger partial charge in [-0.05, 0) is 31.5 Å². The molecule has 20 heteroatoms. The van der Waals surface area contributed by atoms with Crippen LogP contribution in [0.5, 0.6) is 0 Å². The van der Waals surface area contributed by atoms with Gasteiger partial charge in [0.15, 0.2) is 10.8 Å². The Morgan fingerprint density at radius 3 is 2.43 bits per heavy atom. The van der Waals surface area contributed by atoms with Gasteiger partial charge >= 0.3 is 22.2 Å². The minimum atomic E-state index is -5.04. The van der Waals surface area contributed by atoms with Crippen LogP contribution in [0.3, 0.4) is 0 Å². The summed E-state index contributed by atoms with van der Waals surface area (Å²) < 4.78 is 42.5. The summed E-state index contributed by atoms with van der Waals surface area (Å²) in [4.78, 5) is 68.9. The lowest BCUT2D eigenvalue weighted by molar-refractivity contribution is -0.384. The first kappa shape index (κ1) is 31.8. The van der Waals surface area contributed by atoms with E-state index in [-0.39, 0.29) is 27.4 Å². The Morgan fingerprint density at radius 1 is 1.26 bits per heavy atom. The number of nitro benzene ring substituents is 1. The van der Waals surface area contributed by atoms with Crippen LogP contribution < -0.4 is 11.1 Å². The van der Waals surface area contributed by atoms with E-state index >= 15 is 0 Å². The van der Waals surface area contributed by atoms with Gasteiger partial charge in [0.1, 0.15) is 31.0 Å². The number of carbonyl (C=O) groups is 4. The van der Waals surface area contributed by atoms with Gasteiger partial charge in [-0.3, -0.25) is 29.1 Å². The number of nitro groups is 1. The molecule has 1 fully saturated rings. The summed E-state index contributed by atoms with van der Waals surface area (Å²) in [7, 11) is -5.04.